The summed E-state index contributed by atoms with van der Waals surface area (Å²) in [4.78, 5) is 21.3. The SMILES string of the molecule is O=C(N[C@H]1CCC[C@@H](Nc2ncnc3sc(CC(F)(F)F)cc23)C1)OCc1ccccc1. The molecule has 0 radical (unpaired) electrons. The number of fused-ring (bicyclic) bond motifs is 1. The van der Waals surface area contributed by atoms with Gasteiger partial charge in [-0.1, -0.05) is 30.3 Å². The van der Waals surface area contributed by atoms with Crippen LogP contribution in [0, 0.1) is 0 Å². The summed E-state index contributed by atoms with van der Waals surface area (Å²) < 4.78 is 43.6. The number of carbonyl (C=O) groups excluding carboxylic acids is 1. The summed E-state index contributed by atoms with van der Waals surface area (Å²) in [5.74, 6) is 0.525. The minimum absolute atomic E-state index is 0.0345. The summed E-state index contributed by atoms with van der Waals surface area (Å²) in [7, 11) is 0. The van der Waals surface area contributed by atoms with Crippen LogP contribution in [0.4, 0.5) is 23.8 Å². The Morgan fingerprint density at radius 3 is 2.72 bits per heavy atom. The summed E-state index contributed by atoms with van der Waals surface area (Å²) >= 11 is 1.03. The van der Waals surface area contributed by atoms with E-state index in [0.29, 0.717) is 22.5 Å². The molecule has 2 heterocycles. The van der Waals surface area contributed by atoms with Crippen molar-refractivity contribution in [2.24, 2.45) is 0 Å². The van der Waals surface area contributed by atoms with Gasteiger partial charge in [0, 0.05) is 17.0 Å². The normalized spacial score (nSPS) is 19.0. The number of anilines is 1. The highest BCUT2D eigenvalue weighted by Crippen LogP contribution is 2.33. The molecule has 32 heavy (non-hydrogen) atoms. The van der Waals surface area contributed by atoms with Gasteiger partial charge in [-0.15, -0.1) is 11.3 Å². The lowest BCUT2D eigenvalue weighted by Crippen LogP contribution is -2.42. The molecule has 3 aromatic rings. The predicted octanol–water partition coefficient (Wildman–Crippen LogP) is 5.45. The highest BCUT2D eigenvalue weighted by atomic mass is 32.1. The fourth-order valence-corrected chi connectivity index (χ4v) is 4.91. The van der Waals surface area contributed by atoms with Crippen LogP contribution in [0.15, 0.2) is 42.7 Å². The number of amides is 1. The number of halogens is 3. The lowest BCUT2D eigenvalue weighted by Gasteiger charge is -2.30. The molecule has 1 aromatic carbocycles. The first-order valence-corrected chi connectivity index (χ1v) is 11.2. The van der Waals surface area contributed by atoms with E-state index in [2.05, 4.69) is 20.6 Å². The molecule has 0 aliphatic heterocycles. The smallest absolute Gasteiger partial charge is 0.407 e. The summed E-state index contributed by atoms with van der Waals surface area (Å²) in [6.07, 6.45) is -1.05. The highest BCUT2D eigenvalue weighted by Gasteiger charge is 2.29. The summed E-state index contributed by atoms with van der Waals surface area (Å²) in [5, 5.41) is 6.85. The van der Waals surface area contributed by atoms with Crippen molar-refractivity contribution in [3.8, 4) is 0 Å². The van der Waals surface area contributed by atoms with Crippen LogP contribution in [0.1, 0.15) is 36.1 Å². The van der Waals surface area contributed by atoms with Crippen molar-refractivity contribution in [1.82, 2.24) is 15.3 Å². The van der Waals surface area contributed by atoms with Gasteiger partial charge >= 0.3 is 12.3 Å². The number of alkyl carbamates (subject to hydrolysis) is 1. The first-order chi connectivity index (χ1) is 15.4. The zero-order valence-electron chi connectivity index (χ0n) is 17.2. The molecule has 170 valence electrons. The predicted molar refractivity (Wildman–Crippen MR) is 117 cm³/mol. The molecule has 2 N–H and O–H groups in total. The van der Waals surface area contributed by atoms with E-state index in [4.69, 9.17) is 4.74 Å². The van der Waals surface area contributed by atoms with Gasteiger partial charge in [0.1, 0.15) is 23.6 Å². The molecule has 1 aliphatic rings. The van der Waals surface area contributed by atoms with E-state index < -0.39 is 18.7 Å². The van der Waals surface area contributed by atoms with Gasteiger partial charge in [-0.05, 0) is 37.3 Å². The first kappa shape index (κ1) is 22.3. The molecule has 0 unspecified atom stereocenters. The largest absolute Gasteiger partial charge is 0.445 e. The number of ether oxygens (including phenoxy) is 1. The van der Waals surface area contributed by atoms with Gasteiger partial charge in [0.15, 0.2) is 0 Å². The molecule has 0 saturated heterocycles. The number of nitrogens with zero attached hydrogens (tertiary/aromatic N) is 2. The third kappa shape index (κ3) is 6.09. The molecule has 2 atom stereocenters. The third-order valence-electron chi connectivity index (χ3n) is 5.30. The summed E-state index contributed by atoms with van der Waals surface area (Å²) in [6.45, 7) is 0.207. The van der Waals surface area contributed by atoms with E-state index in [1.165, 1.54) is 12.4 Å². The molecule has 6 nitrogen and oxygen atoms in total. The van der Waals surface area contributed by atoms with E-state index in [9.17, 15) is 18.0 Å². The van der Waals surface area contributed by atoms with Crippen molar-refractivity contribution < 1.29 is 22.7 Å². The van der Waals surface area contributed by atoms with Gasteiger partial charge in [-0.2, -0.15) is 13.2 Å². The van der Waals surface area contributed by atoms with Crippen LogP contribution in [0.2, 0.25) is 0 Å². The zero-order chi connectivity index (χ0) is 22.6. The highest BCUT2D eigenvalue weighted by molar-refractivity contribution is 7.18. The maximum atomic E-state index is 12.8. The maximum Gasteiger partial charge on any atom is 0.407 e. The Morgan fingerprint density at radius 1 is 1.16 bits per heavy atom. The Kier molecular flexibility index (Phi) is 6.78. The van der Waals surface area contributed by atoms with E-state index in [0.717, 1.165) is 36.2 Å². The van der Waals surface area contributed by atoms with Crippen LogP contribution < -0.4 is 10.6 Å². The Morgan fingerprint density at radius 2 is 1.94 bits per heavy atom. The molecule has 1 amide bonds. The monoisotopic (exact) mass is 464 g/mol. The molecule has 1 saturated carbocycles. The quantitative estimate of drug-likeness (QED) is 0.508. The minimum atomic E-state index is -4.26. The maximum absolute atomic E-state index is 12.8. The number of thiophene rings is 1. The number of hydrogen-bond donors (Lipinski definition) is 2. The molecule has 2 aromatic heterocycles. The Balaban J connectivity index is 1.34. The van der Waals surface area contributed by atoms with E-state index >= 15 is 0 Å². The average Bonchev–Trinajstić information content (AvgIpc) is 3.15. The molecule has 0 bridgehead atoms. The van der Waals surface area contributed by atoms with Gasteiger partial charge in [0.2, 0.25) is 0 Å². The van der Waals surface area contributed by atoms with Crippen molar-refractivity contribution >= 4 is 33.5 Å². The third-order valence-corrected chi connectivity index (χ3v) is 6.35. The van der Waals surface area contributed by atoms with Gasteiger partial charge in [-0.25, -0.2) is 14.8 Å². The number of hydrogen-bond acceptors (Lipinski definition) is 6. The number of benzene rings is 1. The first-order valence-electron chi connectivity index (χ1n) is 10.4. The van der Waals surface area contributed by atoms with Crippen molar-refractivity contribution in [3.05, 3.63) is 53.2 Å². The zero-order valence-corrected chi connectivity index (χ0v) is 18.0. The fraction of sp³-hybridized carbons (Fsp3) is 0.409. The van der Waals surface area contributed by atoms with Crippen molar-refractivity contribution in [2.75, 3.05) is 5.32 Å². The minimum Gasteiger partial charge on any atom is -0.445 e. The Bertz CT molecular complexity index is 1060. The van der Waals surface area contributed by atoms with E-state index in [1.807, 2.05) is 30.3 Å². The number of nitrogens with one attached hydrogen (secondary N) is 2. The standard InChI is InChI=1S/C22H23F3N4O2S/c23-22(24,25)11-17-10-18-19(26-13-27-20(18)32-17)28-15-7-4-8-16(9-15)29-21(30)31-12-14-5-2-1-3-6-14/h1-3,5-6,10,13,15-16H,4,7-9,11-12H2,(H,29,30)(H,26,27,28)/t15-,16+/m1/s1. The van der Waals surface area contributed by atoms with Gasteiger partial charge in [-0.3, -0.25) is 0 Å². The number of rotatable bonds is 6. The lowest BCUT2D eigenvalue weighted by molar-refractivity contribution is -0.126. The molecular weight excluding hydrogens is 441 g/mol. The Labute approximate surface area is 187 Å². The van der Waals surface area contributed by atoms with Crippen molar-refractivity contribution in [2.45, 2.75) is 57.0 Å². The van der Waals surface area contributed by atoms with Gasteiger partial charge in [0.05, 0.1) is 11.8 Å². The van der Waals surface area contributed by atoms with E-state index in [1.54, 1.807) is 0 Å². The molecule has 0 spiro atoms. The Hall–Kier alpha value is -2.88. The number of carbonyl (C=O) groups is 1. The average molecular weight is 465 g/mol. The molecular formula is C22H23F3N4O2S. The molecule has 1 aliphatic carbocycles. The second kappa shape index (κ2) is 9.72. The van der Waals surface area contributed by atoms with Crippen LogP contribution in [0.3, 0.4) is 0 Å². The summed E-state index contributed by atoms with van der Waals surface area (Å²) in [6, 6.07) is 10.9. The van der Waals surface area contributed by atoms with Crippen molar-refractivity contribution in [3.63, 3.8) is 0 Å². The number of aromatic nitrogens is 2. The van der Waals surface area contributed by atoms with Crippen LogP contribution >= 0.6 is 11.3 Å². The van der Waals surface area contributed by atoms with Gasteiger partial charge < -0.3 is 15.4 Å². The van der Waals surface area contributed by atoms with Crippen molar-refractivity contribution in [1.29, 1.82) is 0 Å². The van der Waals surface area contributed by atoms with Crippen LogP contribution in [0.25, 0.3) is 10.2 Å². The molecule has 1 fully saturated rings. The molecule has 4 rings (SSSR count). The fourth-order valence-electron chi connectivity index (χ4n) is 3.88. The topological polar surface area (TPSA) is 76.1 Å². The van der Waals surface area contributed by atoms with Gasteiger partial charge in [0.25, 0.3) is 0 Å². The van der Waals surface area contributed by atoms with Crippen LogP contribution in [-0.2, 0) is 17.8 Å². The second-order valence-electron chi connectivity index (χ2n) is 7.86. The number of alkyl halides is 3. The summed E-state index contributed by atoms with van der Waals surface area (Å²) in [5.41, 5.74) is 0.916. The molecule has 10 heteroatoms. The van der Waals surface area contributed by atoms with E-state index in [-0.39, 0.29) is 23.6 Å². The van der Waals surface area contributed by atoms with Crippen LogP contribution in [0.5, 0.6) is 0 Å². The van der Waals surface area contributed by atoms with Crippen LogP contribution in [-0.4, -0.2) is 34.3 Å². The second-order valence-corrected chi connectivity index (χ2v) is 8.97. The lowest BCUT2D eigenvalue weighted by atomic mass is 9.91.